The topological polar surface area (TPSA) is 58.2 Å². The minimum atomic E-state index is -0.0872. The Morgan fingerprint density at radius 2 is 2.10 bits per heavy atom. The summed E-state index contributed by atoms with van der Waals surface area (Å²) < 4.78 is 1.02. The second kappa shape index (κ2) is 6.39. The van der Waals surface area contributed by atoms with Crippen LogP contribution in [0, 0.1) is 18.8 Å². The number of carbonyl (C=O) groups is 2. The molecule has 1 saturated carbocycles. The summed E-state index contributed by atoms with van der Waals surface area (Å²) in [4.78, 5) is 23.4. The van der Waals surface area contributed by atoms with Crippen LogP contribution in [0.5, 0.6) is 0 Å². The van der Waals surface area contributed by atoms with Gasteiger partial charge in [-0.3, -0.25) is 9.59 Å². The maximum absolute atomic E-state index is 11.8. The number of carbonyl (C=O) groups excluding carboxylic acids is 2. The number of halogens is 1. The number of hydrogen-bond acceptors (Lipinski definition) is 2. The van der Waals surface area contributed by atoms with Crippen LogP contribution >= 0.6 is 15.9 Å². The largest absolute Gasteiger partial charge is 0.355 e. The summed E-state index contributed by atoms with van der Waals surface area (Å²) in [5, 5.41) is 5.63. The van der Waals surface area contributed by atoms with Gasteiger partial charge in [-0.1, -0.05) is 22.9 Å². The summed E-state index contributed by atoms with van der Waals surface area (Å²) >= 11 is 3.42. The number of benzene rings is 1. The van der Waals surface area contributed by atoms with Gasteiger partial charge in [0.15, 0.2) is 0 Å². The first-order valence-electron chi connectivity index (χ1n) is 6.81. The van der Waals surface area contributed by atoms with E-state index in [0.29, 0.717) is 18.9 Å². The zero-order chi connectivity index (χ0) is 14.7. The van der Waals surface area contributed by atoms with Crippen molar-refractivity contribution in [3.05, 3.63) is 28.2 Å². The third-order valence-electron chi connectivity index (χ3n) is 3.54. The summed E-state index contributed by atoms with van der Waals surface area (Å²) in [6.45, 7) is 4.42. The lowest BCUT2D eigenvalue weighted by Crippen LogP contribution is -2.29. The zero-order valence-corrected chi connectivity index (χ0v) is 13.3. The number of aryl methyl sites for hydroxylation is 1. The molecule has 1 aromatic carbocycles. The average molecular weight is 339 g/mol. The Bertz CT molecular complexity index is 531. The van der Waals surface area contributed by atoms with Crippen LogP contribution in [0.15, 0.2) is 22.7 Å². The Kier molecular flexibility index (Phi) is 4.81. The number of nitrogens with one attached hydrogen (secondary N) is 2. The smallest absolute Gasteiger partial charge is 0.226 e. The van der Waals surface area contributed by atoms with Gasteiger partial charge in [0.05, 0.1) is 0 Å². The second-order valence-electron chi connectivity index (χ2n) is 5.37. The van der Waals surface area contributed by atoms with Gasteiger partial charge in [0, 0.05) is 29.0 Å². The van der Waals surface area contributed by atoms with E-state index in [1.807, 2.05) is 25.1 Å². The molecule has 0 heterocycles. The first-order valence-corrected chi connectivity index (χ1v) is 7.60. The Balaban J connectivity index is 1.72. The van der Waals surface area contributed by atoms with E-state index in [-0.39, 0.29) is 17.7 Å². The standard InChI is InChI=1S/C15H19BrN2O2/c1-9-8-12(9)15(20)17-6-5-14(19)18-11-3-4-13(16)10(2)7-11/h3-4,7,9,12H,5-6,8H2,1-2H3,(H,17,20)(H,18,19)/t9-,12+/m1/s1. The molecule has 4 nitrogen and oxygen atoms in total. The van der Waals surface area contributed by atoms with Crippen molar-refractivity contribution in [1.82, 2.24) is 5.32 Å². The molecule has 5 heteroatoms. The molecule has 2 amide bonds. The monoisotopic (exact) mass is 338 g/mol. The van der Waals surface area contributed by atoms with E-state index >= 15 is 0 Å². The predicted octanol–water partition coefficient (Wildman–Crippen LogP) is 2.86. The van der Waals surface area contributed by atoms with Gasteiger partial charge in [0.1, 0.15) is 0 Å². The van der Waals surface area contributed by atoms with Crippen molar-refractivity contribution in [3.8, 4) is 0 Å². The Morgan fingerprint density at radius 1 is 1.40 bits per heavy atom. The van der Waals surface area contributed by atoms with E-state index < -0.39 is 0 Å². The Morgan fingerprint density at radius 3 is 2.70 bits per heavy atom. The first kappa shape index (κ1) is 15.0. The summed E-state index contributed by atoms with van der Waals surface area (Å²) in [6.07, 6.45) is 1.26. The zero-order valence-electron chi connectivity index (χ0n) is 11.7. The SMILES string of the molecule is Cc1cc(NC(=O)CCNC(=O)[C@H]2C[C@H]2C)ccc1Br. The van der Waals surface area contributed by atoms with Gasteiger partial charge in [-0.05, 0) is 43.0 Å². The van der Waals surface area contributed by atoms with Crippen molar-refractivity contribution in [2.24, 2.45) is 11.8 Å². The van der Waals surface area contributed by atoms with Gasteiger partial charge in [0.25, 0.3) is 0 Å². The fourth-order valence-corrected chi connectivity index (χ4v) is 2.31. The maximum Gasteiger partial charge on any atom is 0.226 e. The van der Waals surface area contributed by atoms with Crippen LogP contribution < -0.4 is 10.6 Å². The molecule has 20 heavy (non-hydrogen) atoms. The van der Waals surface area contributed by atoms with E-state index in [9.17, 15) is 9.59 Å². The van der Waals surface area contributed by atoms with Crippen molar-refractivity contribution in [3.63, 3.8) is 0 Å². The molecule has 2 atom stereocenters. The van der Waals surface area contributed by atoms with Gasteiger partial charge in [0.2, 0.25) is 11.8 Å². The highest BCUT2D eigenvalue weighted by atomic mass is 79.9. The average Bonchev–Trinajstić information content (AvgIpc) is 3.11. The number of anilines is 1. The molecule has 0 bridgehead atoms. The fourth-order valence-electron chi connectivity index (χ4n) is 2.06. The molecule has 1 aliphatic carbocycles. The summed E-state index contributed by atoms with van der Waals surface area (Å²) in [5.41, 5.74) is 1.84. The molecule has 2 rings (SSSR count). The van der Waals surface area contributed by atoms with E-state index in [1.54, 1.807) is 0 Å². The quantitative estimate of drug-likeness (QED) is 0.867. The van der Waals surface area contributed by atoms with Crippen molar-refractivity contribution < 1.29 is 9.59 Å². The highest BCUT2D eigenvalue weighted by Gasteiger charge is 2.38. The van der Waals surface area contributed by atoms with Gasteiger partial charge in [-0.2, -0.15) is 0 Å². The first-order chi connectivity index (χ1) is 9.47. The van der Waals surface area contributed by atoms with Crippen LogP contribution in [-0.4, -0.2) is 18.4 Å². The molecule has 108 valence electrons. The summed E-state index contributed by atoms with van der Waals surface area (Å²) in [5.74, 6) is 0.641. The minimum absolute atomic E-state index is 0.0739. The molecule has 0 spiro atoms. The highest BCUT2D eigenvalue weighted by molar-refractivity contribution is 9.10. The molecular weight excluding hydrogens is 320 g/mol. The molecular formula is C15H19BrN2O2. The molecule has 0 aromatic heterocycles. The summed E-state index contributed by atoms with van der Waals surface area (Å²) in [7, 11) is 0. The van der Waals surface area contributed by atoms with Crippen molar-refractivity contribution in [2.75, 3.05) is 11.9 Å². The third kappa shape index (κ3) is 4.07. The second-order valence-corrected chi connectivity index (χ2v) is 6.23. The van der Waals surface area contributed by atoms with Crippen LogP contribution in [-0.2, 0) is 9.59 Å². The van der Waals surface area contributed by atoms with E-state index in [2.05, 4.69) is 33.5 Å². The molecule has 1 aromatic rings. The number of rotatable bonds is 5. The molecule has 0 unspecified atom stereocenters. The Hall–Kier alpha value is -1.36. The molecule has 2 N–H and O–H groups in total. The van der Waals surface area contributed by atoms with E-state index in [1.165, 1.54) is 0 Å². The van der Waals surface area contributed by atoms with Crippen LogP contribution in [0.4, 0.5) is 5.69 Å². The van der Waals surface area contributed by atoms with Crippen LogP contribution in [0.2, 0.25) is 0 Å². The lowest BCUT2D eigenvalue weighted by Gasteiger charge is -2.08. The van der Waals surface area contributed by atoms with Gasteiger partial charge < -0.3 is 10.6 Å². The molecule has 1 aliphatic rings. The van der Waals surface area contributed by atoms with Crippen LogP contribution in [0.3, 0.4) is 0 Å². The van der Waals surface area contributed by atoms with Crippen LogP contribution in [0.1, 0.15) is 25.3 Å². The van der Waals surface area contributed by atoms with E-state index in [4.69, 9.17) is 0 Å². The van der Waals surface area contributed by atoms with Gasteiger partial charge in [-0.15, -0.1) is 0 Å². The van der Waals surface area contributed by atoms with Crippen molar-refractivity contribution in [2.45, 2.75) is 26.7 Å². The number of amides is 2. The maximum atomic E-state index is 11.8. The molecule has 0 saturated heterocycles. The molecule has 0 aliphatic heterocycles. The lowest BCUT2D eigenvalue weighted by atomic mass is 10.2. The fraction of sp³-hybridized carbons (Fsp3) is 0.467. The molecule has 0 radical (unpaired) electrons. The number of hydrogen-bond donors (Lipinski definition) is 2. The van der Waals surface area contributed by atoms with Crippen molar-refractivity contribution >= 4 is 33.4 Å². The van der Waals surface area contributed by atoms with Crippen LogP contribution in [0.25, 0.3) is 0 Å². The van der Waals surface area contributed by atoms with Gasteiger partial charge in [-0.25, -0.2) is 0 Å². The lowest BCUT2D eigenvalue weighted by molar-refractivity contribution is -0.122. The normalized spacial score (nSPS) is 20.4. The highest BCUT2D eigenvalue weighted by Crippen LogP contribution is 2.37. The minimum Gasteiger partial charge on any atom is -0.355 e. The summed E-state index contributed by atoms with van der Waals surface area (Å²) in [6, 6.07) is 5.66. The third-order valence-corrected chi connectivity index (χ3v) is 4.43. The Labute approximate surface area is 127 Å². The van der Waals surface area contributed by atoms with Crippen molar-refractivity contribution in [1.29, 1.82) is 0 Å². The molecule has 1 fully saturated rings. The predicted molar refractivity (Wildman–Crippen MR) is 82.4 cm³/mol. The van der Waals surface area contributed by atoms with E-state index in [0.717, 1.165) is 22.1 Å². The van der Waals surface area contributed by atoms with Gasteiger partial charge >= 0.3 is 0 Å².